The van der Waals surface area contributed by atoms with Gasteiger partial charge in [0.25, 0.3) is 0 Å². The monoisotopic (exact) mass is 481 g/mol. The average molecular weight is 483 g/mol. The van der Waals surface area contributed by atoms with Gasteiger partial charge >= 0.3 is 22.4 Å². The van der Waals surface area contributed by atoms with Gasteiger partial charge < -0.3 is 42.8 Å². The molecule has 0 amide bonds. The van der Waals surface area contributed by atoms with Gasteiger partial charge in [-0.1, -0.05) is 46.0 Å². The molecule has 0 aromatic heterocycles. The van der Waals surface area contributed by atoms with Crippen LogP contribution in [-0.2, 0) is 60.2 Å². The molecule has 0 unspecified atom stereocenters. The Morgan fingerprint density at radius 1 is 0.739 bits per heavy atom. The molecule has 0 radical (unpaired) electrons. The van der Waals surface area contributed by atoms with Crippen molar-refractivity contribution in [3.05, 3.63) is 0 Å². The molecule has 0 fully saturated rings. The summed E-state index contributed by atoms with van der Waals surface area (Å²) < 4.78 is 8.22. The van der Waals surface area contributed by atoms with Crippen LogP contribution < -0.4 is 0 Å². The standard InChI is InChI=1S/C12H27NS.C4H10S3.O.Tc/c1-3-13(4-2)11-9-7-5-6-8-10-12-14;5-1-3-7-4-2-6;;/h14H,3-12H2,1-2H3;5-6H,1-4H2;;/q;;;+3/p-3. The Labute approximate surface area is 176 Å². The van der Waals surface area contributed by atoms with Gasteiger partial charge in [-0.05, 0) is 37.6 Å². The zero-order chi connectivity index (χ0) is 18.2. The van der Waals surface area contributed by atoms with Gasteiger partial charge in [0.1, 0.15) is 0 Å². The first kappa shape index (κ1) is 29.6. The van der Waals surface area contributed by atoms with Crippen LogP contribution >= 0.6 is 11.8 Å². The zero-order valence-electron chi connectivity index (χ0n) is 14.8. The fourth-order valence-corrected chi connectivity index (χ4v) is 3.26. The van der Waals surface area contributed by atoms with Gasteiger partial charge in [-0.15, -0.1) is 0 Å². The van der Waals surface area contributed by atoms with Crippen molar-refractivity contribution in [3.8, 4) is 0 Å². The number of unbranched alkanes of at least 4 members (excludes halogenated alkanes) is 5. The molecule has 0 bridgehead atoms. The van der Waals surface area contributed by atoms with E-state index in [-0.39, 0.29) is 0 Å². The molecule has 23 heavy (non-hydrogen) atoms. The van der Waals surface area contributed by atoms with Crippen LogP contribution in [0.5, 0.6) is 0 Å². The van der Waals surface area contributed by atoms with E-state index in [4.69, 9.17) is 41.4 Å². The third-order valence-electron chi connectivity index (χ3n) is 3.22. The van der Waals surface area contributed by atoms with Crippen LogP contribution in [0.4, 0.5) is 0 Å². The molecule has 2 nitrogen and oxygen atoms in total. The minimum Gasteiger partial charge on any atom is -0.792 e. The van der Waals surface area contributed by atoms with Crippen LogP contribution in [0.25, 0.3) is 0 Å². The first-order chi connectivity index (χ1) is 11.3. The SMILES string of the molecule is CCN(CC)CCCCCCCC[S-].[O]=[Tc+3].[S-]CCSCC[S-]. The molecule has 0 saturated carbocycles. The van der Waals surface area contributed by atoms with Crippen molar-refractivity contribution in [3.63, 3.8) is 0 Å². The number of hydrogen-bond donors (Lipinski definition) is 0. The summed E-state index contributed by atoms with van der Waals surface area (Å²) in [6.07, 6.45) is 8.13. The van der Waals surface area contributed by atoms with Gasteiger partial charge in [0.05, 0.1) is 0 Å². The van der Waals surface area contributed by atoms with Crippen molar-refractivity contribution < 1.29 is 22.4 Å². The molecule has 140 valence electrons. The molecule has 0 N–H and O–H groups in total. The zero-order valence-corrected chi connectivity index (χ0v) is 19.9. The van der Waals surface area contributed by atoms with E-state index < -0.39 is 0 Å². The molecular formula is C16H34NOS4Tc. The molecule has 0 atom stereocenters. The Bertz CT molecular complexity index is 185. The summed E-state index contributed by atoms with van der Waals surface area (Å²) in [4.78, 5) is 2.50. The number of hydrogen-bond acceptors (Lipinski definition) is 6. The smallest absolute Gasteiger partial charge is 0.0287 e. The molecule has 0 saturated heterocycles. The summed E-state index contributed by atoms with van der Waals surface area (Å²) >= 11 is 17.1. The molecule has 0 spiro atoms. The second kappa shape index (κ2) is 31.6. The minimum atomic E-state index is 0.861. The van der Waals surface area contributed by atoms with Crippen LogP contribution in [-0.4, -0.2) is 53.3 Å². The van der Waals surface area contributed by atoms with Crippen molar-refractivity contribution >= 4 is 49.6 Å². The van der Waals surface area contributed by atoms with E-state index in [1.807, 2.05) is 11.8 Å². The summed E-state index contributed by atoms with van der Waals surface area (Å²) in [5.41, 5.74) is 0. The Morgan fingerprint density at radius 3 is 1.57 bits per heavy atom. The normalized spacial score (nSPS) is 9.78. The van der Waals surface area contributed by atoms with Gasteiger partial charge in [0, 0.05) is 0 Å². The summed E-state index contributed by atoms with van der Waals surface area (Å²) in [6, 6.07) is 0. The Hall–Kier alpha value is 1.81. The maximum atomic E-state index is 8.22. The van der Waals surface area contributed by atoms with Crippen LogP contribution in [0.15, 0.2) is 0 Å². The number of nitrogens with zero attached hydrogens (tertiary/aromatic N) is 1. The first-order valence-corrected chi connectivity index (χ1v) is 12.1. The third kappa shape index (κ3) is 32.0. The predicted octanol–water partition coefficient (Wildman–Crippen LogP) is 3.91. The number of rotatable bonds is 14. The van der Waals surface area contributed by atoms with Crippen molar-refractivity contribution in [2.45, 2.75) is 52.4 Å². The quantitative estimate of drug-likeness (QED) is 0.274. The fourth-order valence-electron chi connectivity index (χ4n) is 1.90. The predicted molar refractivity (Wildman–Crippen MR) is 110 cm³/mol. The van der Waals surface area contributed by atoms with Crippen molar-refractivity contribution in [2.75, 3.05) is 48.4 Å². The summed E-state index contributed by atoms with van der Waals surface area (Å²) in [7, 11) is 0. The Morgan fingerprint density at radius 2 is 1.17 bits per heavy atom. The number of thioether (sulfide) groups is 1. The second-order valence-corrected chi connectivity index (χ2v) is 7.32. The molecule has 7 heteroatoms. The summed E-state index contributed by atoms with van der Waals surface area (Å²) in [5, 5.41) is 0. The van der Waals surface area contributed by atoms with Crippen LogP contribution in [0.3, 0.4) is 0 Å². The van der Waals surface area contributed by atoms with Crippen molar-refractivity contribution in [1.29, 1.82) is 0 Å². The van der Waals surface area contributed by atoms with Crippen LogP contribution in [0.2, 0.25) is 0 Å². The van der Waals surface area contributed by atoms with E-state index in [1.165, 1.54) is 58.2 Å². The summed E-state index contributed by atoms with van der Waals surface area (Å²) in [5.74, 6) is 4.84. The molecule has 0 aromatic carbocycles. The Kier molecular flexibility index (Phi) is 40.6. The molecule has 0 aliphatic carbocycles. The van der Waals surface area contributed by atoms with E-state index in [0.717, 1.165) is 47.6 Å². The molecule has 0 aliphatic heterocycles. The maximum absolute atomic E-state index is 8.22. The molecule has 0 aliphatic rings. The average Bonchev–Trinajstić information content (AvgIpc) is 2.60. The molecular weight excluding hydrogens is 448 g/mol. The van der Waals surface area contributed by atoms with Gasteiger partial charge in [-0.3, -0.25) is 0 Å². The topological polar surface area (TPSA) is 20.3 Å². The minimum absolute atomic E-state index is 0.861. The largest absolute Gasteiger partial charge is 0.792 e. The van der Waals surface area contributed by atoms with Gasteiger partial charge in [-0.2, -0.15) is 29.0 Å². The fraction of sp³-hybridized carbons (Fsp3) is 1.00. The van der Waals surface area contributed by atoms with Crippen LogP contribution in [0.1, 0.15) is 52.4 Å². The second-order valence-electron chi connectivity index (χ2n) is 4.87. The van der Waals surface area contributed by atoms with Gasteiger partial charge in [0.2, 0.25) is 0 Å². The van der Waals surface area contributed by atoms with Gasteiger partial charge in [-0.25, -0.2) is 0 Å². The summed E-state index contributed by atoms with van der Waals surface area (Å²) in [6.45, 7) is 8.17. The van der Waals surface area contributed by atoms with E-state index >= 15 is 0 Å². The van der Waals surface area contributed by atoms with E-state index in [0.29, 0.717) is 0 Å². The van der Waals surface area contributed by atoms with Crippen molar-refractivity contribution in [2.24, 2.45) is 0 Å². The molecule has 0 aromatic rings. The van der Waals surface area contributed by atoms with Crippen molar-refractivity contribution in [1.82, 2.24) is 4.90 Å². The maximum Gasteiger partial charge on any atom is -0.0287 e. The first-order valence-electron chi connectivity index (χ1n) is 8.46. The molecule has 0 rings (SSSR count). The van der Waals surface area contributed by atoms with E-state index in [9.17, 15) is 0 Å². The van der Waals surface area contributed by atoms with Crippen LogP contribution in [0, 0.1) is 0 Å². The van der Waals surface area contributed by atoms with E-state index in [1.54, 1.807) is 0 Å². The molecule has 0 heterocycles. The van der Waals surface area contributed by atoms with E-state index in [2.05, 4.69) is 18.7 Å². The third-order valence-corrected chi connectivity index (χ3v) is 5.42. The van der Waals surface area contributed by atoms with Gasteiger partial charge in [0.15, 0.2) is 0 Å². The Balaban J connectivity index is -0.000000373.